The highest BCUT2D eigenvalue weighted by atomic mass is 16.4. The maximum atomic E-state index is 10.5. The van der Waals surface area contributed by atoms with Gasteiger partial charge in [0.25, 0.3) is 0 Å². The molecule has 0 aromatic rings. The topological polar surface area (TPSA) is 97.9 Å². The molecule has 0 rings (SSSR count). The molecule has 5 nitrogen and oxygen atoms in total. The van der Waals surface area contributed by atoms with Crippen LogP contribution in [0.25, 0.3) is 0 Å². The zero-order valence-corrected chi connectivity index (χ0v) is 7.26. The molecule has 0 saturated carbocycles. The summed E-state index contributed by atoms with van der Waals surface area (Å²) in [7, 11) is 0. The number of carbonyl (C=O) groups excluding carboxylic acids is 1. The van der Waals surface area contributed by atoms with Crippen molar-refractivity contribution < 1.29 is 20.2 Å². The summed E-state index contributed by atoms with van der Waals surface area (Å²) in [6.07, 6.45) is 1.23. The molecular formula is C7H15NO4. The standard InChI is InChI=1S/C7H13NO3.H2O/c1-3-4-6(7(10)11)8-5(2)9;/h6H,3-4H2,1-2H3,(H,8,9)(H,10,11);1H2/t6-;/m1./s1. The second kappa shape index (κ2) is 6.60. The summed E-state index contributed by atoms with van der Waals surface area (Å²) in [5.74, 6) is -1.27. The van der Waals surface area contributed by atoms with Crippen LogP contribution in [0.3, 0.4) is 0 Å². The molecule has 72 valence electrons. The van der Waals surface area contributed by atoms with Gasteiger partial charge in [0.2, 0.25) is 5.91 Å². The number of rotatable bonds is 4. The molecule has 1 atom stereocenters. The Kier molecular flexibility index (Phi) is 7.42. The van der Waals surface area contributed by atoms with Crippen molar-refractivity contribution in [2.24, 2.45) is 0 Å². The van der Waals surface area contributed by atoms with E-state index < -0.39 is 12.0 Å². The van der Waals surface area contributed by atoms with Crippen LogP contribution in [-0.4, -0.2) is 28.5 Å². The molecule has 5 heteroatoms. The lowest BCUT2D eigenvalue weighted by atomic mass is 10.2. The van der Waals surface area contributed by atoms with Crippen LogP contribution in [0.1, 0.15) is 26.7 Å². The highest BCUT2D eigenvalue weighted by molar-refractivity contribution is 5.81. The molecule has 0 bridgehead atoms. The van der Waals surface area contributed by atoms with Crippen molar-refractivity contribution in [3.05, 3.63) is 0 Å². The number of hydrogen-bond donors (Lipinski definition) is 2. The van der Waals surface area contributed by atoms with Crippen LogP contribution in [0.5, 0.6) is 0 Å². The van der Waals surface area contributed by atoms with Crippen molar-refractivity contribution in [2.75, 3.05) is 0 Å². The normalized spacial score (nSPS) is 11.2. The first-order valence-electron chi connectivity index (χ1n) is 3.57. The highest BCUT2D eigenvalue weighted by Crippen LogP contribution is 1.95. The Labute approximate surface area is 71.1 Å². The summed E-state index contributed by atoms with van der Waals surface area (Å²) >= 11 is 0. The van der Waals surface area contributed by atoms with E-state index in [0.29, 0.717) is 6.42 Å². The van der Waals surface area contributed by atoms with Crippen LogP contribution in [0, 0.1) is 0 Å². The van der Waals surface area contributed by atoms with Crippen LogP contribution in [0.2, 0.25) is 0 Å². The summed E-state index contributed by atoms with van der Waals surface area (Å²) in [6.45, 7) is 3.18. The van der Waals surface area contributed by atoms with Gasteiger partial charge < -0.3 is 15.9 Å². The lowest BCUT2D eigenvalue weighted by Crippen LogP contribution is -2.39. The Bertz CT molecular complexity index is 157. The monoisotopic (exact) mass is 177 g/mol. The van der Waals surface area contributed by atoms with Crippen LogP contribution >= 0.6 is 0 Å². The number of aliphatic carboxylic acids is 1. The number of carboxylic acid groups (broad SMARTS) is 1. The van der Waals surface area contributed by atoms with Crippen molar-refractivity contribution in [1.82, 2.24) is 5.32 Å². The predicted octanol–water partition coefficient (Wildman–Crippen LogP) is -0.449. The van der Waals surface area contributed by atoms with Gasteiger partial charge >= 0.3 is 5.97 Å². The number of nitrogens with one attached hydrogen (secondary N) is 1. The summed E-state index contributed by atoms with van der Waals surface area (Å²) < 4.78 is 0. The van der Waals surface area contributed by atoms with Crippen LogP contribution in [0.4, 0.5) is 0 Å². The van der Waals surface area contributed by atoms with Gasteiger partial charge in [-0.05, 0) is 6.42 Å². The Balaban J connectivity index is 0. The average molecular weight is 177 g/mol. The minimum absolute atomic E-state index is 0. The van der Waals surface area contributed by atoms with E-state index in [1.165, 1.54) is 6.92 Å². The smallest absolute Gasteiger partial charge is 0.326 e. The van der Waals surface area contributed by atoms with Crippen molar-refractivity contribution >= 4 is 11.9 Å². The van der Waals surface area contributed by atoms with Gasteiger partial charge in [-0.3, -0.25) is 4.79 Å². The fraction of sp³-hybridized carbons (Fsp3) is 0.714. The molecule has 0 heterocycles. The van der Waals surface area contributed by atoms with Gasteiger partial charge in [0.15, 0.2) is 0 Å². The first-order valence-corrected chi connectivity index (χ1v) is 3.57. The van der Waals surface area contributed by atoms with Crippen molar-refractivity contribution in [3.8, 4) is 0 Å². The quantitative estimate of drug-likeness (QED) is 0.608. The summed E-state index contributed by atoms with van der Waals surface area (Å²) in [6, 6.07) is -0.725. The molecule has 0 aliphatic carbocycles. The fourth-order valence-corrected chi connectivity index (χ4v) is 0.791. The van der Waals surface area contributed by atoms with E-state index >= 15 is 0 Å². The second-order valence-corrected chi connectivity index (χ2v) is 2.38. The van der Waals surface area contributed by atoms with E-state index in [2.05, 4.69) is 5.32 Å². The van der Waals surface area contributed by atoms with E-state index in [1.807, 2.05) is 6.92 Å². The third-order valence-electron chi connectivity index (χ3n) is 1.25. The predicted molar refractivity (Wildman–Crippen MR) is 43.8 cm³/mol. The van der Waals surface area contributed by atoms with Crippen LogP contribution in [-0.2, 0) is 9.59 Å². The molecule has 0 aromatic carbocycles. The Morgan fingerprint density at radius 1 is 1.50 bits per heavy atom. The Hall–Kier alpha value is -1.10. The van der Waals surface area contributed by atoms with E-state index in [4.69, 9.17) is 5.11 Å². The molecule has 0 aliphatic heterocycles. The number of hydrogen-bond acceptors (Lipinski definition) is 2. The van der Waals surface area contributed by atoms with E-state index in [1.54, 1.807) is 0 Å². The Morgan fingerprint density at radius 2 is 2.00 bits per heavy atom. The second-order valence-electron chi connectivity index (χ2n) is 2.38. The molecule has 4 N–H and O–H groups in total. The van der Waals surface area contributed by atoms with Gasteiger partial charge in [-0.2, -0.15) is 0 Å². The van der Waals surface area contributed by atoms with Crippen molar-refractivity contribution in [2.45, 2.75) is 32.7 Å². The highest BCUT2D eigenvalue weighted by Gasteiger charge is 2.15. The number of carbonyl (C=O) groups is 2. The molecule has 0 fully saturated rings. The largest absolute Gasteiger partial charge is 0.480 e. The third-order valence-corrected chi connectivity index (χ3v) is 1.25. The van der Waals surface area contributed by atoms with Crippen molar-refractivity contribution in [3.63, 3.8) is 0 Å². The number of amides is 1. The van der Waals surface area contributed by atoms with E-state index in [9.17, 15) is 9.59 Å². The lowest BCUT2D eigenvalue weighted by Gasteiger charge is -2.10. The molecule has 0 aromatic heterocycles. The lowest BCUT2D eigenvalue weighted by molar-refractivity contribution is -0.141. The SMILES string of the molecule is CCC[C@@H](NC(C)=O)C(=O)O.O. The van der Waals surface area contributed by atoms with Gasteiger partial charge in [-0.15, -0.1) is 0 Å². The molecule has 0 unspecified atom stereocenters. The first-order chi connectivity index (χ1) is 5.07. The summed E-state index contributed by atoms with van der Waals surface area (Å²) in [5, 5.41) is 10.9. The van der Waals surface area contributed by atoms with Crippen molar-refractivity contribution in [1.29, 1.82) is 0 Å². The fourth-order valence-electron chi connectivity index (χ4n) is 0.791. The summed E-state index contributed by atoms with van der Waals surface area (Å²) in [4.78, 5) is 20.9. The molecule has 0 radical (unpaired) electrons. The Morgan fingerprint density at radius 3 is 2.25 bits per heavy atom. The zero-order valence-electron chi connectivity index (χ0n) is 7.26. The first kappa shape index (κ1) is 13.5. The molecular weight excluding hydrogens is 162 g/mol. The van der Waals surface area contributed by atoms with Gasteiger partial charge in [0.1, 0.15) is 6.04 Å². The van der Waals surface area contributed by atoms with E-state index in [0.717, 1.165) is 6.42 Å². The summed E-state index contributed by atoms with van der Waals surface area (Å²) in [5.41, 5.74) is 0. The minimum atomic E-state index is -0.970. The molecule has 0 spiro atoms. The number of carboxylic acids is 1. The third kappa shape index (κ3) is 5.67. The maximum Gasteiger partial charge on any atom is 0.326 e. The maximum absolute atomic E-state index is 10.5. The van der Waals surface area contributed by atoms with Gasteiger partial charge in [-0.1, -0.05) is 13.3 Å². The zero-order chi connectivity index (χ0) is 8.85. The van der Waals surface area contributed by atoms with Gasteiger partial charge in [0.05, 0.1) is 0 Å². The molecule has 0 saturated heterocycles. The molecule has 0 aliphatic rings. The van der Waals surface area contributed by atoms with Crippen LogP contribution < -0.4 is 5.32 Å². The molecule has 1 amide bonds. The van der Waals surface area contributed by atoms with E-state index in [-0.39, 0.29) is 11.4 Å². The van der Waals surface area contributed by atoms with Crippen LogP contribution in [0.15, 0.2) is 0 Å². The minimum Gasteiger partial charge on any atom is -0.480 e. The average Bonchev–Trinajstić information content (AvgIpc) is 1.86. The van der Waals surface area contributed by atoms with Gasteiger partial charge in [-0.25, -0.2) is 4.79 Å². The molecule has 12 heavy (non-hydrogen) atoms. The van der Waals surface area contributed by atoms with Gasteiger partial charge in [0, 0.05) is 6.92 Å².